The zero-order chi connectivity index (χ0) is 29.4. The highest BCUT2D eigenvalue weighted by molar-refractivity contribution is 8.25. The zero-order valence-electron chi connectivity index (χ0n) is 24.6. The van der Waals surface area contributed by atoms with E-state index in [1.165, 1.54) is 47.0 Å². The average Bonchev–Trinajstić information content (AvgIpc) is 3.23. The number of imidazole rings is 1. The van der Waals surface area contributed by atoms with E-state index in [9.17, 15) is 9.13 Å². The fourth-order valence-corrected chi connectivity index (χ4v) is 15.4. The molecule has 0 aliphatic rings. The van der Waals surface area contributed by atoms with Gasteiger partial charge >= 0.3 is 15.2 Å². The van der Waals surface area contributed by atoms with Gasteiger partial charge in [0.15, 0.2) is 4.32 Å². The van der Waals surface area contributed by atoms with Gasteiger partial charge in [-0.3, -0.25) is 13.7 Å². The van der Waals surface area contributed by atoms with Gasteiger partial charge in [0.25, 0.3) is 0 Å². The lowest BCUT2D eigenvalue weighted by Crippen LogP contribution is -2.31. The van der Waals surface area contributed by atoms with Gasteiger partial charge in [0.2, 0.25) is 3.94 Å². The molecule has 1 aromatic heterocycles. The molecule has 1 aromatic carbocycles. The van der Waals surface area contributed by atoms with E-state index >= 15 is 0 Å². The van der Waals surface area contributed by atoms with Crippen molar-refractivity contribution < 1.29 is 27.2 Å². The Morgan fingerprint density at radius 3 is 1.87 bits per heavy atom. The Morgan fingerprint density at radius 1 is 0.846 bits per heavy atom. The Bertz CT molecular complexity index is 1100. The van der Waals surface area contributed by atoms with E-state index in [0.717, 1.165) is 11.0 Å². The number of thioether (sulfide) groups is 4. The molecule has 1 heterocycles. The number of rotatable bonds is 18. The lowest BCUT2D eigenvalue weighted by Gasteiger charge is -2.40. The molecule has 0 aliphatic carbocycles. The number of hydrogen-bond acceptors (Lipinski definition) is 11. The smallest absolute Gasteiger partial charge is 0.304 e. The maximum atomic E-state index is 14.8. The van der Waals surface area contributed by atoms with Gasteiger partial charge in [-0.05, 0) is 80.0 Å². The molecule has 0 N–H and O–H groups in total. The van der Waals surface area contributed by atoms with Crippen LogP contribution >= 0.6 is 62.2 Å². The van der Waals surface area contributed by atoms with Crippen molar-refractivity contribution in [1.82, 2.24) is 9.55 Å². The first-order valence-corrected chi connectivity index (χ1v) is 20.6. The van der Waals surface area contributed by atoms with E-state index < -0.39 is 23.5 Å². The van der Waals surface area contributed by atoms with Gasteiger partial charge in [-0.1, -0.05) is 12.1 Å². The van der Waals surface area contributed by atoms with Crippen LogP contribution in [-0.4, -0.2) is 62.3 Å². The number of hydrogen-bond donors (Lipinski definition) is 0. The van der Waals surface area contributed by atoms with Crippen molar-refractivity contribution in [3.8, 4) is 0 Å². The summed E-state index contributed by atoms with van der Waals surface area (Å²) in [6, 6.07) is 7.76. The molecule has 2 unspecified atom stereocenters. The van der Waals surface area contributed by atoms with Gasteiger partial charge in [0.1, 0.15) is 0 Å². The van der Waals surface area contributed by atoms with Crippen LogP contribution in [0.25, 0.3) is 11.0 Å². The van der Waals surface area contributed by atoms with Crippen LogP contribution in [0.3, 0.4) is 0 Å². The highest BCUT2D eigenvalue weighted by Crippen LogP contribution is 2.73. The van der Waals surface area contributed by atoms with Crippen molar-refractivity contribution in [2.45, 2.75) is 88.1 Å². The molecule has 0 spiro atoms. The average molecular weight is 659 g/mol. The summed E-state index contributed by atoms with van der Waals surface area (Å²) in [5.41, 5.74) is 1.64. The van der Waals surface area contributed by atoms with Gasteiger partial charge in [-0.25, -0.2) is 4.98 Å². The van der Waals surface area contributed by atoms with Crippen LogP contribution in [0.4, 0.5) is 0 Å². The van der Waals surface area contributed by atoms with E-state index in [1.54, 1.807) is 6.33 Å². The van der Waals surface area contributed by atoms with Gasteiger partial charge in [-0.15, -0.1) is 47.0 Å². The molecule has 0 aliphatic heterocycles. The molecule has 0 saturated carbocycles. The fourth-order valence-electron chi connectivity index (χ4n) is 3.77. The van der Waals surface area contributed by atoms with Crippen LogP contribution in [0.15, 0.2) is 30.6 Å². The summed E-state index contributed by atoms with van der Waals surface area (Å²) >= 11 is 5.91. The van der Waals surface area contributed by atoms with E-state index in [1.807, 2.05) is 96.7 Å². The Morgan fingerprint density at radius 2 is 1.38 bits per heavy atom. The van der Waals surface area contributed by atoms with Crippen molar-refractivity contribution in [3.63, 3.8) is 0 Å². The lowest BCUT2D eigenvalue weighted by molar-refractivity contribution is 0.135. The second-order valence-electron chi connectivity index (χ2n) is 9.77. The summed E-state index contributed by atoms with van der Waals surface area (Å²) in [5.74, 6) is 1.19. The van der Waals surface area contributed by atoms with Crippen molar-refractivity contribution >= 4 is 73.3 Å². The number of nitrogens with zero attached hydrogens (tertiary/aromatic N) is 2. The number of para-hydroxylation sites is 2. The second-order valence-corrected chi connectivity index (χ2v) is 20.2. The molecule has 0 saturated heterocycles. The number of fused-ring (bicyclic) bond motifs is 1. The first-order chi connectivity index (χ1) is 18.2. The first-order valence-electron chi connectivity index (χ1n) is 12.9. The summed E-state index contributed by atoms with van der Waals surface area (Å²) in [6.07, 6.45) is 4.44. The molecule has 2 aromatic rings. The predicted molar refractivity (Wildman–Crippen MR) is 174 cm³/mol. The molecule has 39 heavy (non-hydrogen) atoms. The molecule has 14 heteroatoms. The largest absolute Gasteiger partial charge is 0.377 e. The second kappa shape index (κ2) is 15.7. The van der Waals surface area contributed by atoms with Crippen molar-refractivity contribution in [2.24, 2.45) is 0 Å². The molecule has 2 atom stereocenters. The number of aromatic nitrogens is 2. The third kappa shape index (κ3) is 9.19. The summed E-state index contributed by atoms with van der Waals surface area (Å²) in [7, 11) is -7.17. The van der Waals surface area contributed by atoms with Crippen LogP contribution in [0.1, 0.15) is 55.4 Å². The summed E-state index contributed by atoms with van der Waals surface area (Å²) in [6.45, 7) is 14.9. The molecule has 0 radical (unpaired) electrons. The minimum absolute atomic E-state index is 0.231. The molecule has 0 bridgehead atoms. The zero-order valence-corrected chi connectivity index (χ0v) is 29.6. The quantitative estimate of drug-likeness (QED) is 0.0873. The molecule has 224 valence electrons. The van der Waals surface area contributed by atoms with Crippen LogP contribution in [0, 0.1) is 0 Å². The minimum Gasteiger partial charge on any atom is -0.304 e. The van der Waals surface area contributed by atoms with E-state index in [-0.39, 0.29) is 24.4 Å². The standard InChI is InChI=1S/C25H44N2O6P2S4/c1-18(2)30-34(28,31-19(3)4)24(36-9)38-15-16-39-25(37-10,35(29,32-20(5)6)33-21(7)8)27-17-26-22-13-11-12-14-23(22)27/h11-14,17-21,24H,15-16H2,1-10H3. The summed E-state index contributed by atoms with van der Waals surface area (Å²) in [4.78, 5) is 4.59. The Kier molecular flexibility index (Phi) is 14.4. The fraction of sp³-hybridized carbons (Fsp3) is 0.720. The molecule has 0 amide bonds. The van der Waals surface area contributed by atoms with Gasteiger partial charge in [-0.2, -0.15) is 0 Å². The molecule has 2 rings (SSSR count). The number of benzene rings is 1. The minimum atomic E-state index is -3.78. The molecule has 0 fully saturated rings. The maximum Gasteiger partial charge on any atom is 0.377 e. The third-order valence-corrected chi connectivity index (χ3v) is 19.0. The van der Waals surface area contributed by atoms with E-state index in [4.69, 9.17) is 18.1 Å². The lowest BCUT2D eigenvalue weighted by atomic mass is 10.3. The van der Waals surface area contributed by atoms with Crippen molar-refractivity contribution in [3.05, 3.63) is 30.6 Å². The molecule has 8 nitrogen and oxygen atoms in total. The third-order valence-electron chi connectivity index (χ3n) is 4.88. The summed E-state index contributed by atoms with van der Waals surface area (Å²) in [5, 5.41) is 0. The Hall–Kier alpha value is 0.390. The van der Waals surface area contributed by atoms with Crippen molar-refractivity contribution in [1.29, 1.82) is 0 Å². The Labute approximate surface area is 251 Å². The van der Waals surface area contributed by atoms with Gasteiger partial charge in [0, 0.05) is 11.5 Å². The maximum absolute atomic E-state index is 14.8. The monoisotopic (exact) mass is 658 g/mol. The van der Waals surface area contributed by atoms with Crippen LogP contribution in [-0.2, 0) is 31.2 Å². The molecular formula is C25H44N2O6P2S4. The van der Waals surface area contributed by atoms with Crippen LogP contribution in [0.2, 0.25) is 0 Å². The SMILES string of the molecule is CSC(SCCSC(SC)(n1cnc2ccccc21)P(=O)(OC(C)C)OC(C)C)P(=O)(OC(C)C)OC(C)C. The first kappa shape index (κ1) is 35.6. The highest BCUT2D eigenvalue weighted by atomic mass is 32.2. The van der Waals surface area contributed by atoms with E-state index in [0.29, 0.717) is 11.5 Å². The Balaban J connectivity index is 2.44. The summed E-state index contributed by atoms with van der Waals surface area (Å²) < 4.78 is 53.0. The van der Waals surface area contributed by atoms with Gasteiger partial charge in [0.05, 0.1) is 41.8 Å². The van der Waals surface area contributed by atoms with Crippen LogP contribution in [0.5, 0.6) is 0 Å². The highest BCUT2D eigenvalue weighted by Gasteiger charge is 2.55. The molecular weight excluding hydrogens is 614 g/mol. The predicted octanol–water partition coefficient (Wildman–Crippen LogP) is 9.17. The van der Waals surface area contributed by atoms with Crippen molar-refractivity contribution in [2.75, 3.05) is 24.0 Å². The van der Waals surface area contributed by atoms with E-state index in [2.05, 4.69) is 4.98 Å². The van der Waals surface area contributed by atoms with Gasteiger partial charge < -0.3 is 18.1 Å². The van der Waals surface area contributed by atoms with Crippen LogP contribution < -0.4 is 0 Å². The normalized spacial score (nSPS) is 15.6. The topological polar surface area (TPSA) is 88.9 Å².